The van der Waals surface area contributed by atoms with Gasteiger partial charge >= 0.3 is 0 Å². The van der Waals surface area contributed by atoms with Crippen molar-refractivity contribution in [1.29, 1.82) is 0 Å². The molecular weight excluding hydrogens is 419 g/mol. The first-order valence-corrected chi connectivity index (χ1v) is 10.1. The highest BCUT2D eigenvalue weighted by Crippen LogP contribution is 2.25. The SMILES string of the molecule is Cc1ccc(C(=O)n2ccc(-c3cccc(OCc4ccc(Cl)cc4Cl)c3)n2)cc1. The number of halogens is 2. The predicted octanol–water partition coefficient (Wildman–Crippen LogP) is 6.43. The van der Waals surface area contributed by atoms with Crippen LogP contribution in [0.25, 0.3) is 11.3 Å². The van der Waals surface area contributed by atoms with Crippen molar-refractivity contribution in [2.45, 2.75) is 13.5 Å². The van der Waals surface area contributed by atoms with Crippen LogP contribution in [0.3, 0.4) is 0 Å². The molecule has 0 atom stereocenters. The maximum Gasteiger partial charge on any atom is 0.278 e. The van der Waals surface area contributed by atoms with Gasteiger partial charge in [0.15, 0.2) is 0 Å². The molecule has 4 rings (SSSR count). The Bertz CT molecular complexity index is 1200. The molecule has 0 radical (unpaired) electrons. The smallest absolute Gasteiger partial charge is 0.278 e. The van der Waals surface area contributed by atoms with E-state index in [0.29, 0.717) is 33.7 Å². The Morgan fingerprint density at radius 1 is 1.00 bits per heavy atom. The van der Waals surface area contributed by atoms with E-state index in [9.17, 15) is 4.79 Å². The number of ether oxygens (including phenoxy) is 1. The number of benzene rings is 3. The molecule has 4 aromatic rings. The van der Waals surface area contributed by atoms with Gasteiger partial charge in [-0.05, 0) is 49.4 Å². The molecule has 0 spiro atoms. The zero-order valence-electron chi connectivity index (χ0n) is 16.2. The highest BCUT2D eigenvalue weighted by molar-refractivity contribution is 6.35. The van der Waals surface area contributed by atoms with E-state index in [-0.39, 0.29) is 5.91 Å². The summed E-state index contributed by atoms with van der Waals surface area (Å²) in [5.41, 5.74) is 4.08. The van der Waals surface area contributed by atoms with Crippen LogP contribution in [0.5, 0.6) is 5.75 Å². The molecule has 150 valence electrons. The fourth-order valence-electron chi connectivity index (χ4n) is 2.96. The normalized spacial score (nSPS) is 10.8. The van der Waals surface area contributed by atoms with Gasteiger partial charge in [0, 0.05) is 32.9 Å². The van der Waals surface area contributed by atoms with Gasteiger partial charge in [-0.25, -0.2) is 4.68 Å². The standard InChI is InChI=1S/C24H18Cl2N2O2/c1-16-5-7-17(8-6-16)24(29)28-12-11-23(27-28)18-3-2-4-21(13-18)30-15-19-9-10-20(25)14-22(19)26/h2-14H,15H2,1H3. The average Bonchev–Trinajstić information content (AvgIpc) is 3.24. The number of carbonyl (C=O) groups is 1. The minimum absolute atomic E-state index is 0.175. The van der Waals surface area contributed by atoms with E-state index in [1.54, 1.807) is 36.5 Å². The van der Waals surface area contributed by atoms with Crippen molar-refractivity contribution in [1.82, 2.24) is 9.78 Å². The summed E-state index contributed by atoms with van der Waals surface area (Å²) in [6.07, 6.45) is 1.67. The van der Waals surface area contributed by atoms with Crippen LogP contribution >= 0.6 is 23.2 Å². The number of rotatable bonds is 5. The van der Waals surface area contributed by atoms with Gasteiger partial charge in [-0.2, -0.15) is 5.10 Å². The van der Waals surface area contributed by atoms with E-state index in [1.807, 2.05) is 49.4 Å². The highest BCUT2D eigenvalue weighted by Gasteiger charge is 2.12. The summed E-state index contributed by atoms with van der Waals surface area (Å²) in [5.74, 6) is 0.504. The highest BCUT2D eigenvalue weighted by atomic mass is 35.5. The monoisotopic (exact) mass is 436 g/mol. The minimum atomic E-state index is -0.175. The lowest BCUT2D eigenvalue weighted by molar-refractivity contribution is 0.0945. The number of aryl methyl sites for hydroxylation is 1. The van der Waals surface area contributed by atoms with Crippen LogP contribution in [-0.2, 0) is 6.61 Å². The summed E-state index contributed by atoms with van der Waals surface area (Å²) >= 11 is 12.1. The van der Waals surface area contributed by atoms with Crippen molar-refractivity contribution in [2.75, 3.05) is 0 Å². The Kier molecular flexibility index (Phi) is 5.88. The molecule has 1 aromatic heterocycles. The molecule has 3 aromatic carbocycles. The van der Waals surface area contributed by atoms with Crippen molar-refractivity contribution in [3.8, 4) is 17.0 Å². The van der Waals surface area contributed by atoms with Gasteiger partial charge in [0.05, 0.1) is 5.69 Å². The van der Waals surface area contributed by atoms with Crippen molar-refractivity contribution in [3.05, 3.63) is 106 Å². The molecule has 30 heavy (non-hydrogen) atoms. The molecular formula is C24H18Cl2N2O2. The third kappa shape index (κ3) is 4.56. The predicted molar refractivity (Wildman–Crippen MR) is 119 cm³/mol. The first kappa shape index (κ1) is 20.2. The van der Waals surface area contributed by atoms with E-state index < -0.39 is 0 Å². The van der Waals surface area contributed by atoms with Crippen molar-refractivity contribution in [2.24, 2.45) is 0 Å². The molecule has 0 aliphatic heterocycles. The third-order valence-electron chi connectivity index (χ3n) is 4.63. The van der Waals surface area contributed by atoms with Gasteiger partial charge in [0.2, 0.25) is 0 Å². The van der Waals surface area contributed by atoms with Crippen molar-refractivity contribution in [3.63, 3.8) is 0 Å². The lowest BCUT2D eigenvalue weighted by Crippen LogP contribution is -2.12. The van der Waals surface area contributed by atoms with E-state index in [2.05, 4.69) is 5.10 Å². The molecule has 0 aliphatic carbocycles. The van der Waals surface area contributed by atoms with E-state index in [4.69, 9.17) is 27.9 Å². The van der Waals surface area contributed by atoms with E-state index in [0.717, 1.165) is 16.7 Å². The first-order valence-electron chi connectivity index (χ1n) is 9.34. The summed E-state index contributed by atoms with van der Waals surface area (Å²) in [7, 11) is 0. The quantitative estimate of drug-likeness (QED) is 0.361. The maximum atomic E-state index is 12.6. The Morgan fingerprint density at radius 2 is 1.80 bits per heavy atom. The molecule has 0 unspecified atom stereocenters. The van der Waals surface area contributed by atoms with Gasteiger partial charge in [0.25, 0.3) is 5.91 Å². The van der Waals surface area contributed by atoms with Gasteiger partial charge in [-0.3, -0.25) is 4.79 Å². The molecule has 0 saturated heterocycles. The van der Waals surface area contributed by atoms with Crippen LogP contribution in [0, 0.1) is 6.92 Å². The molecule has 0 amide bonds. The number of carbonyl (C=O) groups excluding carboxylic acids is 1. The Morgan fingerprint density at radius 3 is 2.57 bits per heavy atom. The second-order valence-corrected chi connectivity index (χ2v) is 7.71. The molecule has 0 saturated carbocycles. The van der Waals surface area contributed by atoms with Crippen LogP contribution < -0.4 is 4.74 Å². The van der Waals surface area contributed by atoms with Gasteiger partial charge in [-0.15, -0.1) is 0 Å². The van der Waals surface area contributed by atoms with Crippen molar-refractivity contribution >= 4 is 29.1 Å². The molecule has 0 N–H and O–H groups in total. The van der Waals surface area contributed by atoms with E-state index >= 15 is 0 Å². The van der Waals surface area contributed by atoms with Crippen LogP contribution in [0.1, 0.15) is 21.5 Å². The third-order valence-corrected chi connectivity index (χ3v) is 5.22. The molecule has 4 nitrogen and oxygen atoms in total. The molecule has 0 bridgehead atoms. The largest absolute Gasteiger partial charge is 0.489 e. The fourth-order valence-corrected chi connectivity index (χ4v) is 3.43. The zero-order valence-corrected chi connectivity index (χ0v) is 17.7. The van der Waals surface area contributed by atoms with Crippen LogP contribution in [0.15, 0.2) is 79.0 Å². The maximum absolute atomic E-state index is 12.6. The first-order chi connectivity index (χ1) is 14.5. The summed E-state index contributed by atoms with van der Waals surface area (Å²) in [4.78, 5) is 12.6. The average molecular weight is 437 g/mol. The Labute approximate surface area is 184 Å². The minimum Gasteiger partial charge on any atom is -0.489 e. The summed E-state index contributed by atoms with van der Waals surface area (Å²) in [6.45, 7) is 2.30. The summed E-state index contributed by atoms with van der Waals surface area (Å²) < 4.78 is 7.23. The molecule has 0 aliphatic rings. The van der Waals surface area contributed by atoms with E-state index in [1.165, 1.54) is 4.68 Å². The Balaban J connectivity index is 1.50. The lowest BCUT2D eigenvalue weighted by atomic mass is 10.1. The van der Waals surface area contributed by atoms with Crippen LogP contribution in [0.4, 0.5) is 0 Å². The number of hydrogen-bond acceptors (Lipinski definition) is 3. The number of aromatic nitrogens is 2. The fraction of sp³-hybridized carbons (Fsp3) is 0.0833. The molecule has 1 heterocycles. The summed E-state index contributed by atoms with van der Waals surface area (Å²) in [6, 6.07) is 22.1. The van der Waals surface area contributed by atoms with Gasteiger partial charge < -0.3 is 4.74 Å². The second-order valence-electron chi connectivity index (χ2n) is 6.87. The zero-order chi connectivity index (χ0) is 21.1. The second kappa shape index (κ2) is 8.74. The lowest BCUT2D eigenvalue weighted by Gasteiger charge is -2.09. The van der Waals surface area contributed by atoms with Crippen LogP contribution in [-0.4, -0.2) is 15.7 Å². The van der Waals surface area contributed by atoms with Gasteiger partial charge in [0.1, 0.15) is 12.4 Å². The Hall–Kier alpha value is -3.08. The molecule has 0 fully saturated rings. The van der Waals surface area contributed by atoms with Crippen LogP contribution in [0.2, 0.25) is 10.0 Å². The topological polar surface area (TPSA) is 44.1 Å². The summed E-state index contributed by atoms with van der Waals surface area (Å²) in [5, 5.41) is 5.59. The number of nitrogens with zero attached hydrogens (tertiary/aromatic N) is 2. The van der Waals surface area contributed by atoms with Crippen molar-refractivity contribution < 1.29 is 9.53 Å². The number of hydrogen-bond donors (Lipinski definition) is 0. The van der Waals surface area contributed by atoms with Gasteiger partial charge in [-0.1, -0.05) is 59.1 Å². The molecule has 6 heteroatoms.